The Kier molecular flexibility index (Phi) is 6.41. The van der Waals surface area contributed by atoms with Gasteiger partial charge in [-0.2, -0.15) is 5.10 Å². The minimum absolute atomic E-state index is 0.333. The Morgan fingerprint density at radius 3 is 2.61 bits per heavy atom. The monoisotopic (exact) mass is 374 g/mol. The molecule has 3 aromatic carbocycles. The number of nitrogens with zero attached hydrogens (tertiary/aromatic N) is 1. The van der Waals surface area contributed by atoms with Gasteiger partial charge in [0.25, 0.3) is 5.91 Å². The normalized spacial score (nSPS) is 10.6. The molecule has 0 spiro atoms. The summed E-state index contributed by atoms with van der Waals surface area (Å²) in [7, 11) is 1.53. The second kappa shape index (κ2) is 9.37. The lowest BCUT2D eigenvalue weighted by atomic mass is 10.2. The number of methoxy groups -OCH3 is 1. The average Bonchev–Trinajstić information content (AvgIpc) is 2.73. The first-order valence-electron chi connectivity index (χ1n) is 8.90. The summed E-state index contributed by atoms with van der Waals surface area (Å²) in [5, 5.41) is 4.03. The first-order valence-corrected chi connectivity index (χ1v) is 8.90. The Morgan fingerprint density at radius 1 is 1.04 bits per heavy atom. The first-order chi connectivity index (χ1) is 13.7. The minimum Gasteiger partial charge on any atom is -0.496 e. The van der Waals surface area contributed by atoms with E-state index >= 15 is 0 Å². The number of amides is 1. The molecule has 0 radical (unpaired) electrons. The van der Waals surface area contributed by atoms with E-state index in [1.54, 1.807) is 30.5 Å². The van der Waals surface area contributed by atoms with Crippen LogP contribution in [-0.2, 0) is 6.61 Å². The van der Waals surface area contributed by atoms with E-state index in [9.17, 15) is 4.79 Å². The molecule has 3 rings (SSSR count). The summed E-state index contributed by atoms with van der Waals surface area (Å²) in [6.45, 7) is 2.55. The van der Waals surface area contributed by atoms with Gasteiger partial charge in [0.2, 0.25) is 0 Å². The summed E-state index contributed by atoms with van der Waals surface area (Å²) in [6, 6.07) is 22.7. The van der Waals surface area contributed by atoms with Crippen molar-refractivity contribution in [1.82, 2.24) is 5.43 Å². The molecule has 3 aromatic rings. The van der Waals surface area contributed by atoms with Gasteiger partial charge in [0.15, 0.2) is 0 Å². The van der Waals surface area contributed by atoms with Gasteiger partial charge in [-0.1, -0.05) is 54.1 Å². The second-order valence-corrected chi connectivity index (χ2v) is 6.25. The zero-order valence-corrected chi connectivity index (χ0v) is 15.9. The number of hydrogen-bond acceptors (Lipinski definition) is 4. The molecule has 0 aliphatic rings. The molecule has 0 aromatic heterocycles. The number of aryl methyl sites for hydroxylation is 1. The van der Waals surface area contributed by atoms with E-state index in [1.807, 2.05) is 36.4 Å². The van der Waals surface area contributed by atoms with Crippen LogP contribution in [-0.4, -0.2) is 19.2 Å². The molecule has 5 nitrogen and oxygen atoms in total. The maximum atomic E-state index is 12.2. The highest BCUT2D eigenvalue weighted by Crippen LogP contribution is 2.17. The molecule has 0 heterocycles. The zero-order chi connectivity index (χ0) is 19.8. The van der Waals surface area contributed by atoms with Gasteiger partial charge in [0.1, 0.15) is 18.1 Å². The summed E-state index contributed by atoms with van der Waals surface area (Å²) in [5.41, 5.74) is 6.09. The van der Waals surface area contributed by atoms with Gasteiger partial charge in [0.05, 0.1) is 18.9 Å². The highest BCUT2D eigenvalue weighted by Gasteiger charge is 2.09. The molecule has 1 N–H and O–H groups in total. The number of ether oxygens (including phenoxy) is 2. The molecular formula is C23H22N2O3. The van der Waals surface area contributed by atoms with Crippen LogP contribution in [0.15, 0.2) is 77.9 Å². The van der Waals surface area contributed by atoms with Gasteiger partial charge in [0, 0.05) is 0 Å². The summed E-state index contributed by atoms with van der Waals surface area (Å²) in [4.78, 5) is 12.2. The van der Waals surface area contributed by atoms with Crippen molar-refractivity contribution in [3.63, 3.8) is 0 Å². The lowest BCUT2D eigenvalue weighted by molar-refractivity contribution is 0.0952. The number of carbonyl (C=O) groups excluding carboxylic acids is 1. The van der Waals surface area contributed by atoms with Gasteiger partial charge in [-0.3, -0.25) is 4.79 Å². The number of benzene rings is 3. The van der Waals surface area contributed by atoms with Crippen molar-refractivity contribution >= 4 is 12.1 Å². The molecule has 1 amide bonds. The van der Waals surface area contributed by atoms with E-state index in [1.165, 1.54) is 12.7 Å². The minimum atomic E-state index is -0.333. The number of hydrazone groups is 1. The van der Waals surface area contributed by atoms with Crippen molar-refractivity contribution in [2.24, 2.45) is 5.10 Å². The SMILES string of the molecule is COc1ccccc1C(=O)N/N=C\c1cccc(OCc2ccc(C)cc2)c1. The molecule has 142 valence electrons. The van der Waals surface area contributed by atoms with Crippen LogP contribution in [0.4, 0.5) is 0 Å². The molecule has 0 unspecified atom stereocenters. The smallest absolute Gasteiger partial charge is 0.275 e. The van der Waals surface area contributed by atoms with Crippen molar-refractivity contribution in [2.45, 2.75) is 13.5 Å². The topological polar surface area (TPSA) is 59.9 Å². The highest BCUT2D eigenvalue weighted by molar-refractivity contribution is 5.97. The third-order valence-electron chi connectivity index (χ3n) is 4.12. The van der Waals surface area contributed by atoms with Crippen LogP contribution in [0.5, 0.6) is 11.5 Å². The van der Waals surface area contributed by atoms with Crippen molar-refractivity contribution in [3.05, 3.63) is 95.1 Å². The molecule has 0 atom stereocenters. The summed E-state index contributed by atoms with van der Waals surface area (Å²) in [5.74, 6) is 0.905. The number of nitrogens with one attached hydrogen (secondary N) is 1. The van der Waals surface area contributed by atoms with Gasteiger partial charge in [-0.05, 0) is 42.3 Å². The molecule has 0 saturated heterocycles. The van der Waals surface area contributed by atoms with E-state index in [0.717, 1.165) is 16.9 Å². The Morgan fingerprint density at radius 2 is 1.82 bits per heavy atom. The van der Waals surface area contributed by atoms with Crippen molar-refractivity contribution in [1.29, 1.82) is 0 Å². The molecule has 0 aliphatic heterocycles. The molecule has 0 bridgehead atoms. The molecular weight excluding hydrogens is 352 g/mol. The van der Waals surface area contributed by atoms with Crippen LogP contribution in [0, 0.1) is 6.92 Å². The standard InChI is InChI=1S/C23H22N2O3/c1-17-10-12-18(13-11-17)16-28-20-7-5-6-19(14-20)15-24-25-23(26)21-8-3-4-9-22(21)27-2/h3-15H,16H2,1-2H3,(H,25,26)/b24-15-. The molecule has 0 aliphatic carbocycles. The van der Waals surface area contributed by atoms with E-state index in [4.69, 9.17) is 9.47 Å². The average molecular weight is 374 g/mol. The number of rotatable bonds is 7. The van der Waals surface area contributed by atoms with Gasteiger partial charge >= 0.3 is 0 Å². The maximum absolute atomic E-state index is 12.2. The maximum Gasteiger partial charge on any atom is 0.275 e. The fourth-order valence-corrected chi connectivity index (χ4v) is 2.59. The van der Waals surface area contributed by atoms with Crippen molar-refractivity contribution in [3.8, 4) is 11.5 Å². The van der Waals surface area contributed by atoms with E-state index in [2.05, 4.69) is 29.6 Å². The van der Waals surface area contributed by atoms with E-state index in [-0.39, 0.29) is 5.91 Å². The lowest BCUT2D eigenvalue weighted by Crippen LogP contribution is -2.18. The quantitative estimate of drug-likeness (QED) is 0.494. The Hall–Kier alpha value is -3.60. The number of para-hydroxylation sites is 1. The largest absolute Gasteiger partial charge is 0.496 e. The predicted octanol–water partition coefficient (Wildman–Crippen LogP) is 4.35. The third-order valence-corrected chi connectivity index (χ3v) is 4.12. The fraction of sp³-hybridized carbons (Fsp3) is 0.130. The predicted molar refractivity (Wildman–Crippen MR) is 110 cm³/mol. The van der Waals surface area contributed by atoms with Crippen LogP contribution >= 0.6 is 0 Å². The molecule has 0 saturated carbocycles. The van der Waals surface area contributed by atoms with E-state index < -0.39 is 0 Å². The van der Waals surface area contributed by atoms with Crippen LogP contribution in [0.1, 0.15) is 27.0 Å². The molecule has 5 heteroatoms. The first kappa shape index (κ1) is 19.2. The number of carbonyl (C=O) groups is 1. The van der Waals surface area contributed by atoms with Crippen LogP contribution in [0.25, 0.3) is 0 Å². The lowest BCUT2D eigenvalue weighted by Gasteiger charge is -2.07. The molecule has 0 fully saturated rings. The van der Waals surface area contributed by atoms with Crippen molar-refractivity contribution < 1.29 is 14.3 Å². The Balaban J connectivity index is 1.59. The summed E-state index contributed by atoms with van der Waals surface area (Å²) < 4.78 is 11.0. The fourth-order valence-electron chi connectivity index (χ4n) is 2.59. The van der Waals surface area contributed by atoms with Gasteiger partial charge in [-0.25, -0.2) is 5.43 Å². The van der Waals surface area contributed by atoms with Gasteiger partial charge in [-0.15, -0.1) is 0 Å². The summed E-state index contributed by atoms with van der Waals surface area (Å²) in [6.07, 6.45) is 1.58. The Bertz CT molecular complexity index is 966. The van der Waals surface area contributed by atoms with Crippen LogP contribution < -0.4 is 14.9 Å². The Labute approximate surface area is 164 Å². The molecule has 28 heavy (non-hydrogen) atoms. The van der Waals surface area contributed by atoms with E-state index in [0.29, 0.717) is 17.9 Å². The second-order valence-electron chi connectivity index (χ2n) is 6.25. The highest BCUT2D eigenvalue weighted by atomic mass is 16.5. The number of hydrogen-bond donors (Lipinski definition) is 1. The van der Waals surface area contributed by atoms with Crippen LogP contribution in [0.2, 0.25) is 0 Å². The van der Waals surface area contributed by atoms with Crippen molar-refractivity contribution in [2.75, 3.05) is 7.11 Å². The van der Waals surface area contributed by atoms with Gasteiger partial charge < -0.3 is 9.47 Å². The third kappa shape index (κ3) is 5.20. The zero-order valence-electron chi connectivity index (χ0n) is 15.9. The van der Waals surface area contributed by atoms with Crippen LogP contribution in [0.3, 0.4) is 0 Å². The summed E-state index contributed by atoms with van der Waals surface area (Å²) >= 11 is 0.